The quantitative estimate of drug-likeness (QED) is 0.678. The van der Waals surface area contributed by atoms with Gasteiger partial charge in [-0.15, -0.1) is 0 Å². The zero-order chi connectivity index (χ0) is 8.53. The molecule has 0 aromatic rings. The highest BCUT2D eigenvalue weighted by molar-refractivity contribution is 4.72. The summed E-state index contributed by atoms with van der Waals surface area (Å²) in [5.41, 5.74) is 0. The van der Waals surface area contributed by atoms with Crippen LogP contribution in [0.5, 0.6) is 0 Å². The number of ether oxygens (including phenoxy) is 1. The molecule has 0 saturated carbocycles. The molecule has 0 spiro atoms. The molecule has 1 aliphatic rings. The molecule has 1 N–H and O–H groups in total. The minimum Gasteiger partial charge on any atom is -0.380 e. The molecule has 1 aliphatic heterocycles. The fourth-order valence-electron chi connectivity index (χ4n) is 1.16. The molecule has 1 heterocycles. The van der Waals surface area contributed by atoms with Crippen LogP contribution in [-0.2, 0) is 4.74 Å². The van der Waals surface area contributed by atoms with Crippen LogP contribution >= 0.6 is 0 Å². The third-order valence-corrected chi connectivity index (χ3v) is 1.69. The van der Waals surface area contributed by atoms with Crippen molar-refractivity contribution in [3.63, 3.8) is 0 Å². The van der Waals surface area contributed by atoms with Crippen LogP contribution in [0.15, 0.2) is 0 Å². The lowest BCUT2D eigenvalue weighted by Gasteiger charge is -2.08. The van der Waals surface area contributed by atoms with Crippen molar-refractivity contribution in [3.05, 3.63) is 0 Å². The van der Waals surface area contributed by atoms with Crippen molar-refractivity contribution in [2.24, 2.45) is 0 Å². The van der Waals surface area contributed by atoms with E-state index in [1.165, 1.54) is 19.4 Å². The fourth-order valence-corrected chi connectivity index (χ4v) is 1.16. The summed E-state index contributed by atoms with van der Waals surface area (Å²) in [7, 11) is 0. The SMILES string of the molecule is CC.CCOCC1CCCN1. The zero-order valence-electron chi connectivity index (χ0n) is 8.02. The second-order valence-electron chi connectivity index (χ2n) is 2.45. The maximum atomic E-state index is 5.25. The van der Waals surface area contributed by atoms with E-state index in [1.54, 1.807) is 0 Å². The number of hydrogen-bond acceptors (Lipinski definition) is 2. The first-order valence-electron chi connectivity index (χ1n) is 4.74. The molecule has 0 radical (unpaired) electrons. The second kappa shape index (κ2) is 8.02. The molecule has 0 aromatic heterocycles. The summed E-state index contributed by atoms with van der Waals surface area (Å²) in [6.07, 6.45) is 2.61. The van der Waals surface area contributed by atoms with Gasteiger partial charge in [-0.05, 0) is 26.3 Å². The number of nitrogens with one attached hydrogen (secondary N) is 1. The largest absolute Gasteiger partial charge is 0.380 e. The maximum absolute atomic E-state index is 5.25. The summed E-state index contributed by atoms with van der Waals surface area (Å²) in [4.78, 5) is 0. The topological polar surface area (TPSA) is 21.3 Å². The van der Waals surface area contributed by atoms with Crippen molar-refractivity contribution in [2.45, 2.75) is 39.7 Å². The molecule has 1 atom stereocenters. The molecule has 1 unspecified atom stereocenters. The molecular formula is C9H21NO. The van der Waals surface area contributed by atoms with Gasteiger partial charge < -0.3 is 10.1 Å². The van der Waals surface area contributed by atoms with Gasteiger partial charge in [-0.1, -0.05) is 13.8 Å². The molecule has 1 rings (SSSR count). The lowest BCUT2D eigenvalue weighted by molar-refractivity contribution is 0.128. The third kappa shape index (κ3) is 5.22. The van der Waals surface area contributed by atoms with Crippen LogP contribution in [0.1, 0.15) is 33.6 Å². The number of hydrogen-bond donors (Lipinski definition) is 1. The van der Waals surface area contributed by atoms with Crippen LogP contribution in [0.3, 0.4) is 0 Å². The molecule has 0 bridgehead atoms. The first-order valence-corrected chi connectivity index (χ1v) is 4.74. The minimum atomic E-state index is 0.643. The van der Waals surface area contributed by atoms with Gasteiger partial charge in [0.25, 0.3) is 0 Å². The van der Waals surface area contributed by atoms with Gasteiger partial charge in [-0.2, -0.15) is 0 Å². The third-order valence-electron chi connectivity index (χ3n) is 1.69. The average Bonchev–Trinajstić information content (AvgIpc) is 2.57. The molecule has 11 heavy (non-hydrogen) atoms. The molecular weight excluding hydrogens is 138 g/mol. The Morgan fingerprint density at radius 1 is 1.45 bits per heavy atom. The first-order chi connectivity index (χ1) is 5.43. The number of rotatable bonds is 3. The summed E-state index contributed by atoms with van der Waals surface area (Å²) < 4.78 is 5.25. The van der Waals surface area contributed by atoms with Gasteiger partial charge in [0.15, 0.2) is 0 Å². The van der Waals surface area contributed by atoms with E-state index in [4.69, 9.17) is 4.74 Å². The fraction of sp³-hybridized carbons (Fsp3) is 1.00. The van der Waals surface area contributed by atoms with Crippen LogP contribution < -0.4 is 5.32 Å². The Bertz CT molecular complexity index is 70.0. The lowest BCUT2D eigenvalue weighted by Crippen LogP contribution is -2.26. The molecule has 0 amide bonds. The van der Waals surface area contributed by atoms with E-state index in [-0.39, 0.29) is 0 Å². The van der Waals surface area contributed by atoms with Crippen LogP contribution in [0, 0.1) is 0 Å². The Kier molecular flexibility index (Phi) is 7.96. The monoisotopic (exact) mass is 159 g/mol. The van der Waals surface area contributed by atoms with E-state index in [9.17, 15) is 0 Å². The van der Waals surface area contributed by atoms with Crippen LogP contribution in [0.4, 0.5) is 0 Å². The highest BCUT2D eigenvalue weighted by Crippen LogP contribution is 2.04. The average molecular weight is 159 g/mol. The van der Waals surface area contributed by atoms with Gasteiger partial charge >= 0.3 is 0 Å². The van der Waals surface area contributed by atoms with Gasteiger partial charge in [-0.25, -0.2) is 0 Å². The van der Waals surface area contributed by atoms with Gasteiger partial charge in [0.05, 0.1) is 6.61 Å². The van der Waals surface area contributed by atoms with E-state index in [0.717, 1.165) is 13.2 Å². The Balaban J connectivity index is 0.000000461. The Morgan fingerprint density at radius 2 is 2.18 bits per heavy atom. The summed E-state index contributed by atoms with van der Waals surface area (Å²) >= 11 is 0. The Hall–Kier alpha value is -0.0800. The molecule has 2 heteroatoms. The van der Waals surface area contributed by atoms with Gasteiger partial charge in [0, 0.05) is 12.6 Å². The standard InChI is InChI=1S/C7H15NO.C2H6/c1-2-9-6-7-4-3-5-8-7;1-2/h7-8H,2-6H2,1H3;1-2H3. The van der Waals surface area contributed by atoms with Crippen molar-refractivity contribution in [2.75, 3.05) is 19.8 Å². The van der Waals surface area contributed by atoms with Crippen LogP contribution in [-0.4, -0.2) is 25.8 Å². The van der Waals surface area contributed by atoms with E-state index in [0.29, 0.717) is 6.04 Å². The zero-order valence-corrected chi connectivity index (χ0v) is 8.02. The van der Waals surface area contributed by atoms with Gasteiger partial charge in [0.1, 0.15) is 0 Å². The normalized spacial score (nSPS) is 22.6. The van der Waals surface area contributed by atoms with Gasteiger partial charge in [0.2, 0.25) is 0 Å². The maximum Gasteiger partial charge on any atom is 0.0619 e. The van der Waals surface area contributed by atoms with Crippen molar-refractivity contribution in [3.8, 4) is 0 Å². The molecule has 0 aromatic carbocycles. The summed E-state index contributed by atoms with van der Waals surface area (Å²) in [6.45, 7) is 8.96. The predicted molar refractivity (Wildman–Crippen MR) is 48.9 cm³/mol. The van der Waals surface area contributed by atoms with Crippen molar-refractivity contribution in [1.82, 2.24) is 5.32 Å². The lowest BCUT2D eigenvalue weighted by atomic mass is 10.2. The first kappa shape index (κ1) is 10.9. The summed E-state index contributed by atoms with van der Waals surface area (Å²) in [6, 6.07) is 0.643. The molecule has 1 saturated heterocycles. The molecule has 68 valence electrons. The van der Waals surface area contributed by atoms with Crippen LogP contribution in [0.2, 0.25) is 0 Å². The summed E-state index contributed by atoms with van der Waals surface area (Å²) in [5.74, 6) is 0. The second-order valence-corrected chi connectivity index (χ2v) is 2.45. The van der Waals surface area contributed by atoms with E-state index < -0.39 is 0 Å². The van der Waals surface area contributed by atoms with Crippen molar-refractivity contribution < 1.29 is 4.74 Å². The van der Waals surface area contributed by atoms with Crippen molar-refractivity contribution in [1.29, 1.82) is 0 Å². The summed E-state index contributed by atoms with van der Waals surface area (Å²) in [5, 5.41) is 3.37. The van der Waals surface area contributed by atoms with Gasteiger partial charge in [-0.3, -0.25) is 0 Å². The Morgan fingerprint density at radius 3 is 2.64 bits per heavy atom. The molecule has 1 fully saturated rings. The van der Waals surface area contributed by atoms with E-state index >= 15 is 0 Å². The van der Waals surface area contributed by atoms with Crippen molar-refractivity contribution >= 4 is 0 Å². The Labute approximate surface area is 70.3 Å². The predicted octanol–water partition coefficient (Wildman–Crippen LogP) is 1.80. The van der Waals surface area contributed by atoms with E-state index in [2.05, 4.69) is 5.32 Å². The van der Waals surface area contributed by atoms with Crippen LogP contribution in [0.25, 0.3) is 0 Å². The highest BCUT2D eigenvalue weighted by Gasteiger charge is 2.12. The smallest absolute Gasteiger partial charge is 0.0619 e. The minimum absolute atomic E-state index is 0.643. The highest BCUT2D eigenvalue weighted by atomic mass is 16.5. The van der Waals surface area contributed by atoms with E-state index in [1.807, 2.05) is 20.8 Å². The molecule has 0 aliphatic carbocycles. The molecule has 2 nitrogen and oxygen atoms in total.